The molecule has 2 amide bonds. The average Bonchev–Trinajstić information content (AvgIpc) is 3.63. The van der Waals surface area contributed by atoms with E-state index in [9.17, 15) is 19.5 Å². The number of aliphatic hydroxyl groups excluding tert-OH is 1. The summed E-state index contributed by atoms with van der Waals surface area (Å²) in [5, 5.41) is 13.8. The normalized spacial score (nSPS) is 17.7. The van der Waals surface area contributed by atoms with Gasteiger partial charge in [0.25, 0.3) is 11.8 Å². The Kier molecular flexibility index (Phi) is 10.6. The fourth-order valence-corrected chi connectivity index (χ4v) is 4.29. The van der Waals surface area contributed by atoms with E-state index in [1.54, 1.807) is 25.3 Å². The van der Waals surface area contributed by atoms with Gasteiger partial charge in [-0.15, -0.1) is 0 Å². The van der Waals surface area contributed by atoms with Crippen LogP contribution in [0.2, 0.25) is 0 Å². The third kappa shape index (κ3) is 8.25. The number of aromatic nitrogens is 1. The molecular formula is C27H32FN3O10. The monoisotopic (exact) mass is 577 g/mol. The van der Waals surface area contributed by atoms with Crippen molar-refractivity contribution >= 4 is 29.2 Å². The minimum Gasteiger partial charge on any atom is -0.471 e. The van der Waals surface area contributed by atoms with Gasteiger partial charge in [0.2, 0.25) is 0 Å². The molecule has 2 aliphatic heterocycles. The highest BCUT2D eigenvalue weighted by Crippen LogP contribution is 2.30. The molecule has 1 N–H and O–H groups in total. The van der Waals surface area contributed by atoms with Crippen LogP contribution in [0.15, 0.2) is 41.1 Å². The number of cyclic esters (lactones) is 1. The summed E-state index contributed by atoms with van der Waals surface area (Å²) in [5.74, 6) is -1.59. The van der Waals surface area contributed by atoms with Crippen LogP contribution in [0.25, 0.3) is 5.57 Å². The summed E-state index contributed by atoms with van der Waals surface area (Å²) in [7, 11) is 1.54. The van der Waals surface area contributed by atoms with Crippen molar-refractivity contribution < 1.29 is 52.1 Å². The number of carbonyl (C=O) groups excluding carboxylic acids is 3. The van der Waals surface area contributed by atoms with Gasteiger partial charge >= 0.3 is 12.1 Å². The van der Waals surface area contributed by atoms with Crippen molar-refractivity contribution in [2.24, 2.45) is 0 Å². The van der Waals surface area contributed by atoms with Gasteiger partial charge in [-0.2, -0.15) is 0 Å². The molecule has 2 atom stereocenters. The number of rotatable bonds is 14. The van der Waals surface area contributed by atoms with Gasteiger partial charge in [-0.1, -0.05) is 6.08 Å². The fourth-order valence-electron chi connectivity index (χ4n) is 4.29. The first-order valence-corrected chi connectivity index (χ1v) is 13.0. The number of hydrogen-bond acceptors (Lipinski definition) is 11. The van der Waals surface area contributed by atoms with E-state index >= 15 is 4.39 Å². The quantitative estimate of drug-likeness (QED) is 0.259. The van der Waals surface area contributed by atoms with Crippen LogP contribution in [0.3, 0.4) is 0 Å². The molecule has 13 nitrogen and oxygen atoms in total. The molecule has 14 heteroatoms. The van der Waals surface area contributed by atoms with E-state index in [0.717, 1.165) is 0 Å². The van der Waals surface area contributed by atoms with E-state index < -0.39 is 42.4 Å². The fraction of sp³-hybridized carbons (Fsp3) is 0.481. The summed E-state index contributed by atoms with van der Waals surface area (Å²) < 4.78 is 45.5. The Labute approximate surface area is 235 Å². The molecule has 1 unspecified atom stereocenters. The van der Waals surface area contributed by atoms with Crippen LogP contribution >= 0.6 is 0 Å². The molecule has 0 radical (unpaired) electrons. The zero-order valence-electron chi connectivity index (χ0n) is 22.5. The lowest BCUT2D eigenvalue weighted by molar-refractivity contribution is -0.153. The van der Waals surface area contributed by atoms with Gasteiger partial charge in [-0.25, -0.2) is 9.18 Å². The smallest absolute Gasteiger partial charge is 0.414 e. The lowest BCUT2D eigenvalue weighted by atomic mass is 9.98. The number of aliphatic hydroxyl groups is 1. The summed E-state index contributed by atoms with van der Waals surface area (Å²) in [6, 6.07) is 5.98. The van der Waals surface area contributed by atoms with E-state index in [4.69, 9.17) is 23.7 Å². The van der Waals surface area contributed by atoms with Crippen molar-refractivity contribution in [1.29, 1.82) is 0 Å². The Morgan fingerprint density at radius 3 is 2.76 bits per heavy atom. The maximum atomic E-state index is 15.1. The van der Waals surface area contributed by atoms with Gasteiger partial charge in [-0.3, -0.25) is 14.5 Å². The van der Waals surface area contributed by atoms with Gasteiger partial charge in [-0.05, 0) is 35.3 Å². The molecule has 41 heavy (non-hydrogen) atoms. The molecule has 4 rings (SSSR count). The number of hydrogen-bond donors (Lipinski definition) is 1. The minimum absolute atomic E-state index is 0.00136. The van der Waals surface area contributed by atoms with Gasteiger partial charge < -0.3 is 38.2 Å². The molecule has 222 valence electrons. The molecular weight excluding hydrogens is 545 g/mol. The third-order valence-corrected chi connectivity index (χ3v) is 6.40. The topological polar surface area (TPSA) is 150 Å². The van der Waals surface area contributed by atoms with Crippen LogP contribution in [0.5, 0.6) is 5.88 Å². The molecule has 0 spiro atoms. The summed E-state index contributed by atoms with van der Waals surface area (Å²) >= 11 is 0. The Bertz CT molecular complexity index is 1220. The van der Waals surface area contributed by atoms with E-state index in [0.29, 0.717) is 36.5 Å². The molecule has 0 bridgehead atoms. The number of esters is 1. The number of amides is 2. The second-order valence-electron chi connectivity index (χ2n) is 9.24. The summed E-state index contributed by atoms with van der Waals surface area (Å²) in [6.45, 7) is 1.58. The van der Waals surface area contributed by atoms with Gasteiger partial charge in [0.1, 0.15) is 31.4 Å². The number of carbonyl (C=O) groups is 3. The number of nitrogens with zero attached hydrogens (tertiary/aromatic N) is 3. The molecule has 1 fully saturated rings. The molecule has 2 aromatic rings. The molecule has 0 aliphatic carbocycles. The Hall–Kier alpha value is -4.01. The predicted octanol–water partition coefficient (Wildman–Crippen LogP) is 1.79. The van der Waals surface area contributed by atoms with Crippen molar-refractivity contribution in [3.05, 3.63) is 48.0 Å². The molecule has 3 heterocycles. The first-order chi connectivity index (χ1) is 19.9. The van der Waals surface area contributed by atoms with Crippen LogP contribution in [0.1, 0.15) is 18.4 Å². The summed E-state index contributed by atoms with van der Waals surface area (Å²) in [5.41, 5.74) is 1.37. The second-order valence-corrected chi connectivity index (χ2v) is 9.24. The van der Waals surface area contributed by atoms with Crippen LogP contribution in [0, 0.1) is 5.82 Å². The SMILES string of the molecule is COCCOCCOC(=O)CC(O)C(=O)N1CC=C(c2ccc(N3C[C@H](COc4ccon4)OC3=O)cc2F)CC1. The van der Waals surface area contributed by atoms with Gasteiger partial charge in [0.15, 0.2) is 6.10 Å². The van der Waals surface area contributed by atoms with Crippen molar-refractivity contribution in [1.82, 2.24) is 10.1 Å². The number of benzene rings is 1. The highest BCUT2D eigenvalue weighted by Gasteiger charge is 2.34. The van der Waals surface area contributed by atoms with Gasteiger partial charge in [0.05, 0.1) is 38.5 Å². The van der Waals surface area contributed by atoms with Crippen molar-refractivity contribution in [3.63, 3.8) is 0 Å². The predicted molar refractivity (Wildman–Crippen MR) is 139 cm³/mol. The molecule has 1 aromatic heterocycles. The average molecular weight is 578 g/mol. The largest absolute Gasteiger partial charge is 0.471 e. The Morgan fingerprint density at radius 1 is 1.22 bits per heavy atom. The van der Waals surface area contributed by atoms with E-state index in [2.05, 4.69) is 9.68 Å². The first-order valence-electron chi connectivity index (χ1n) is 13.0. The molecule has 2 aliphatic rings. The van der Waals surface area contributed by atoms with E-state index in [-0.39, 0.29) is 45.3 Å². The van der Waals surface area contributed by atoms with Crippen molar-refractivity contribution in [2.75, 3.05) is 64.7 Å². The number of methoxy groups -OCH3 is 1. The lowest BCUT2D eigenvalue weighted by Gasteiger charge is -2.28. The Morgan fingerprint density at radius 2 is 2.05 bits per heavy atom. The second kappa shape index (κ2) is 14.6. The zero-order valence-corrected chi connectivity index (χ0v) is 22.5. The number of ether oxygens (including phenoxy) is 5. The highest BCUT2D eigenvalue weighted by atomic mass is 19.1. The third-order valence-electron chi connectivity index (χ3n) is 6.40. The van der Waals surface area contributed by atoms with Crippen LogP contribution in [0.4, 0.5) is 14.9 Å². The molecule has 1 aromatic carbocycles. The van der Waals surface area contributed by atoms with E-state index in [1.165, 1.54) is 28.2 Å². The maximum Gasteiger partial charge on any atom is 0.414 e. The first kappa shape index (κ1) is 30.0. The number of anilines is 1. The van der Waals surface area contributed by atoms with Crippen molar-refractivity contribution in [2.45, 2.75) is 25.0 Å². The lowest BCUT2D eigenvalue weighted by Crippen LogP contribution is -2.42. The van der Waals surface area contributed by atoms with E-state index in [1.807, 2.05) is 0 Å². The van der Waals surface area contributed by atoms with Crippen LogP contribution in [-0.4, -0.2) is 105 Å². The minimum atomic E-state index is -1.55. The maximum absolute atomic E-state index is 15.1. The molecule has 1 saturated heterocycles. The molecule has 0 saturated carbocycles. The Balaban J connectivity index is 1.25. The summed E-state index contributed by atoms with van der Waals surface area (Å²) in [6.07, 6.45) is 0.185. The zero-order chi connectivity index (χ0) is 29.2. The highest BCUT2D eigenvalue weighted by molar-refractivity contribution is 5.90. The number of halogens is 1. The van der Waals surface area contributed by atoms with Crippen LogP contribution in [-0.2, 0) is 28.5 Å². The van der Waals surface area contributed by atoms with Gasteiger partial charge in [0, 0.05) is 31.8 Å². The van der Waals surface area contributed by atoms with Crippen LogP contribution < -0.4 is 9.64 Å². The standard InChI is InChI=1S/C27H32FN3O10/c1-36-10-11-37-12-13-38-25(33)15-23(32)26(34)30-7-4-18(5-8-30)21-3-2-19(14-22(21)28)31-16-20(41-27(31)35)17-39-24-6-9-40-29-24/h2-4,6,9,14,20,23,32H,5,7-8,10-13,15-17H2,1H3/t20-,23?/m1/s1. The summed E-state index contributed by atoms with van der Waals surface area (Å²) in [4.78, 5) is 39.6. The van der Waals surface area contributed by atoms with Crippen molar-refractivity contribution in [3.8, 4) is 5.88 Å².